The van der Waals surface area contributed by atoms with Crippen LogP contribution in [0, 0.1) is 0 Å². The molecule has 0 radical (unpaired) electrons. The molecule has 1 aliphatic heterocycles. The molecule has 68 valence electrons. The fourth-order valence-corrected chi connectivity index (χ4v) is 1.68. The van der Waals surface area contributed by atoms with Crippen molar-refractivity contribution < 1.29 is 14.8 Å². The van der Waals surface area contributed by atoms with Crippen LogP contribution in [0.5, 0.6) is 5.75 Å². The fraction of sp³-hybridized carbons (Fsp3) is 0.333. The highest BCUT2D eigenvalue weighted by Crippen LogP contribution is 2.35. The summed E-state index contributed by atoms with van der Waals surface area (Å²) in [5.41, 5.74) is 1.08. The first-order chi connectivity index (χ1) is 6.27. The van der Waals surface area contributed by atoms with Gasteiger partial charge in [0.1, 0.15) is 5.75 Å². The van der Waals surface area contributed by atoms with Crippen molar-refractivity contribution in [3.8, 4) is 5.75 Å². The molecular weight excluding hydrogens is 167 g/mol. The Hall–Kier alpha value is -0.995. The average Bonchev–Trinajstić information content (AvgIpc) is 2.48. The van der Waals surface area contributed by atoms with Gasteiger partial charge in [0.15, 0.2) is 0 Å². The van der Waals surface area contributed by atoms with Crippen LogP contribution in [0.3, 0.4) is 0 Å². The van der Waals surface area contributed by atoms with Gasteiger partial charge in [-0.05, 0) is 12.4 Å². The monoisotopic (exact) mass is 178 g/mol. The first-order valence-corrected chi connectivity index (χ1v) is 4.35. The van der Waals surface area contributed by atoms with E-state index in [-0.39, 0.29) is 5.92 Å². The second kappa shape index (κ2) is 3.40. The Morgan fingerprint density at radius 1 is 1.38 bits per heavy atom. The topological polar surface area (TPSA) is 49.7 Å². The summed E-state index contributed by atoms with van der Waals surface area (Å²) in [7, 11) is -1.25. The van der Waals surface area contributed by atoms with Crippen molar-refractivity contribution in [3.05, 3.63) is 29.8 Å². The molecule has 1 aromatic carbocycles. The molecule has 13 heavy (non-hydrogen) atoms. The minimum Gasteiger partial charge on any atom is -0.493 e. The van der Waals surface area contributed by atoms with Gasteiger partial charge in [0.05, 0.1) is 6.61 Å². The van der Waals surface area contributed by atoms with E-state index in [1.54, 1.807) is 0 Å². The van der Waals surface area contributed by atoms with E-state index in [9.17, 15) is 0 Å². The van der Waals surface area contributed by atoms with E-state index in [0.717, 1.165) is 11.3 Å². The Morgan fingerprint density at radius 2 is 2.15 bits per heavy atom. The van der Waals surface area contributed by atoms with Gasteiger partial charge in [0, 0.05) is 11.5 Å². The summed E-state index contributed by atoms with van der Waals surface area (Å²) >= 11 is 0. The molecule has 0 spiro atoms. The van der Waals surface area contributed by atoms with Gasteiger partial charge in [0.2, 0.25) is 0 Å². The summed E-state index contributed by atoms with van der Waals surface area (Å²) < 4.78 is 5.39. The summed E-state index contributed by atoms with van der Waals surface area (Å²) in [5, 5.41) is 17.7. The SMILES string of the molecule is OB(O)CC1COc2ccccc21. The lowest BCUT2D eigenvalue weighted by molar-refractivity contribution is 0.326. The average molecular weight is 178 g/mol. The molecule has 1 heterocycles. The predicted molar refractivity (Wildman–Crippen MR) is 49.7 cm³/mol. The van der Waals surface area contributed by atoms with Crippen LogP contribution in [0.15, 0.2) is 24.3 Å². The summed E-state index contributed by atoms with van der Waals surface area (Å²) in [6.07, 6.45) is 0.344. The zero-order valence-corrected chi connectivity index (χ0v) is 7.18. The zero-order valence-electron chi connectivity index (χ0n) is 7.18. The molecule has 0 fully saturated rings. The van der Waals surface area contributed by atoms with Gasteiger partial charge in [-0.25, -0.2) is 0 Å². The van der Waals surface area contributed by atoms with Crippen molar-refractivity contribution in [2.45, 2.75) is 12.2 Å². The first-order valence-electron chi connectivity index (χ1n) is 4.35. The Labute approximate surface area is 77.1 Å². The number of hydrogen-bond acceptors (Lipinski definition) is 3. The van der Waals surface area contributed by atoms with Crippen molar-refractivity contribution in [1.29, 1.82) is 0 Å². The molecule has 1 unspecified atom stereocenters. The highest BCUT2D eigenvalue weighted by atomic mass is 16.5. The van der Waals surface area contributed by atoms with Crippen molar-refractivity contribution in [3.63, 3.8) is 0 Å². The summed E-state index contributed by atoms with van der Waals surface area (Å²) in [6.45, 7) is 0.553. The lowest BCUT2D eigenvalue weighted by Gasteiger charge is -2.06. The maximum absolute atomic E-state index is 8.84. The molecule has 0 aromatic heterocycles. The Morgan fingerprint density at radius 3 is 2.92 bits per heavy atom. The third-order valence-electron chi connectivity index (χ3n) is 2.29. The van der Waals surface area contributed by atoms with Gasteiger partial charge in [-0.2, -0.15) is 0 Å². The number of para-hydroxylation sites is 1. The minimum atomic E-state index is -1.25. The molecule has 0 aliphatic carbocycles. The van der Waals surface area contributed by atoms with Crippen molar-refractivity contribution in [2.75, 3.05) is 6.61 Å². The van der Waals surface area contributed by atoms with Crippen LogP contribution in [-0.4, -0.2) is 23.8 Å². The van der Waals surface area contributed by atoms with Crippen molar-refractivity contribution >= 4 is 7.12 Å². The lowest BCUT2D eigenvalue weighted by atomic mass is 9.76. The van der Waals surface area contributed by atoms with E-state index >= 15 is 0 Å². The van der Waals surface area contributed by atoms with E-state index in [4.69, 9.17) is 14.8 Å². The molecule has 1 aromatic rings. The second-order valence-electron chi connectivity index (χ2n) is 3.26. The van der Waals surface area contributed by atoms with Crippen LogP contribution in [0.25, 0.3) is 0 Å². The van der Waals surface area contributed by atoms with Crippen LogP contribution >= 0.6 is 0 Å². The van der Waals surface area contributed by atoms with Crippen molar-refractivity contribution in [1.82, 2.24) is 0 Å². The molecule has 3 nitrogen and oxygen atoms in total. The third-order valence-corrected chi connectivity index (χ3v) is 2.29. The summed E-state index contributed by atoms with van der Waals surface area (Å²) in [6, 6.07) is 7.72. The van der Waals surface area contributed by atoms with E-state index in [1.165, 1.54) is 0 Å². The fourth-order valence-electron chi connectivity index (χ4n) is 1.68. The van der Waals surface area contributed by atoms with Crippen LogP contribution in [0.4, 0.5) is 0 Å². The van der Waals surface area contributed by atoms with Crippen molar-refractivity contribution in [2.24, 2.45) is 0 Å². The Bertz CT molecular complexity index is 301. The minimum absolute atomic E-state index is 0.121. The van der Waals surface area contributed by atoms with Gasteiger partial charge in [-0.3, -0.25) is 0 Å². The highest BCUT2D eigenvalue weighted by molar-refractivity contribution is 6.41. The Kier molecular flexibility index (Phi) is 2.25. The predicted octanol–water partition coefficient (Wildman–Crippen LogP) is 0.635. The van der Waals surface area contributed by atoms with Crippen LogP contribution in [0.2, 0.25) is 6.32 Å². The summed E-state index contributed by atoms with van der Waals surface area (Å²) in [5.74, 6) is 0.990. The number of benzene rings is 1. The molecule has 2 rings (SSSR count). The number of hydrogen-bond donors (Lipinski definition) is 2. The molecule has 2 N–H and O–H groups in total. The molecule has 0 saturated carbocycles. The third kappa shape index (κ3) is 1.69. The highest BCUT2D eigenvalue weighted by Gasteiger charge is 2.27. The number of ether oxygens (including phenoxy) is 1. The maximum atomic E-state index is 8.84. The maximum Gasteiger partial charge on any atom is 0.452 e. The normalized spacial score (nSPS) is 19.4. The second-order valence-corrected chi connectivity index (χ2v) is 3.26. The van der Waals surface area contributed by atoms with Gasteiger partial charge in [0.25, 0.3) is 0 Å². The molecule has 0 amide bonds. The molecule has 1 atom stereocenters. The van der Waals surface area contributed by atoms with Crippen LogP contribution < -0.4 is 4.74 Å². The van der Waals surface area contributed by atoms with E-state index < -0.39 is 7.12 Å². The van der Waals surface area contributed by atoms with E-state index in [0.29, 0.717) is 12.9 Å². The quantitative estimate of drug-likeness (QED) is 0.653. The zero-order chi connectivity index (χ0) is 9.26. The van der Waals surface area contributed by atoms with E-state index in [1.807, 2.05) is 24.3 Å². The van der Waals surface area contributed by atoms with E-state index in [2.05, 4.69) is 0 Å². The molecule has 4 heteroatoms. The van der Waals surface area contributed by atoms with Gasteiger partial charge in [-0.1, -0.05) is 18.2 Å². The summed E-state index contributed by atoms with van der Waals surface area (Å²) in [4.78, 5) is 0. The molecule has 0 saturated heterocycles. The van der Waals surface area contributed by atoms with Crippen LogP contribution in [-0.2, 0) is 0 Å². The van der Waals surface area contributed by atoms with Gasteiger partial charge >= 0.3 is 7.12 Å². The molecule has 0 bridgehead atoms. The first kappa shape index (κ1) is 8.60. The smallest absolute Gasteiger partial charge is 0.452 e. The van der Waals surface area contributed by atoms with Gasteiger partial charge in [-0.15, -0.1) is 0 Å². The van der Waals surface area contributed by atoms with Crippen LogP contribution in [0.1, 0.15) is 11.5 Å². The largest absolute Gasteiger partial charge is 0.493 e. The molecule has 1 aliphatic rings. The van der Waals surface area contributed by atoms with Gasteiger partial charge < -0.3 is 14.8 Å². The molecular formula is C9H11BO3. The number of fused-ring (bicyclic) bond motifs is 1. The Balaban J connectivity index is 2.18. The lowest BCUT2D eigenvalue weighted by Crippen LogP contribution is -2.16. The standard InChI is InChI=1S/C9H11BO3/c11-10(12)5-7-6-13-9-4-2-1-3-8(7)9/h1-4,7,11-12H,5-6H2. The number of rotatable bonds is 2.